The molecule has 1 aliphatic heterocycles. The van der Waals surface area contributed by atoms with E-state index < -0.39 is 0 Å². The van der Waals surface area contributed by atoms with Crippen LogP contribution in [0.25, 0.3) is 0 Å². The Morgan fingerprint density at radius 2 is 2.14 bits per heavy atom. The van der Waals surface area contributed by atoms with Crippen LogP contribution >= 0.6 is 0 Å². The molecule has 0 saturated carbocycles. The highest BCUT2D eigenvalue weighted by Gasteiger charge is 2.27. The van der Waals surface area contributed by atoms with E-state index in [4.69, 9.17) is 4.74 Å². The highest BCUT2D eigenvalue weighted by molar-refractivity contribution is 5.77. The third-order valence-corrected chi connectivity index (χ3v) is 4.05. The van der Waals surface area contributed by atoms with Gasteiger partial charge in [-0.25, -0.2) is 0 Å². The monoisotopic (exact) mass is 304 g/mol. The minimum absolute atomic E-state index is 0.0422. The summed E-state index contributed by atoms with van der Waals surface area (Å²) in [6.07, 6.45) is 7.29. The predicted octanol–water partition coefficient (Wildman–Crippen LogP) is 2.21. The summed E-state index contributed by atoms with van der Waals surface area (Å²) in [6.45, 7) is 3.57. The number of ether oxygens (including phenoxy) is 1. The Kier molecular flexibility index (Phi) is 6.37. The quantitative estimate of drug-likeness (QED) is 0.756. The van der Waals surface area contributed by atoms with Crippen LogP contribution in [0.15, 0.2) is 24.5 Å². The highest BCUT2D eigenvalue weighted by atomic mass is 16.5. The molecule has 1 saturated heterocycles. The fourth-order valence-electron chi connectivity index (χ4n) is 2.77. The Bertz CT molecular complexity index is 482. The first-order valence-electron chi connectivity index (χ1n) is 8.04. The number of hydrogen-bond acceptors (Lipinski definition) is 4. The smallest absolute Gasteiger partial charge is 0.309 e. The zero-order chi connectivity index (χ0) is 15.8. The maximum Gasteiger partial charge on any atom is 0.309 e. The van der Waals surface area contributed by atoms with E-state index in [1.807, 2.05) is 30.2 Å². The van der Waals surface area contributed by atoms with Crippen molar-refractivity contribution in [1.29, 1.82) is 0 Å². The number of carbonyl (C=O) groups is 2. The lowest BCUT2D eigenvalue weighted by Crippen LogP contribution is -2.40. The zero-order valence-electron chi connectivity index (χ0n) is 13.2. The molecule has 0 bridgehead atoms. The normalized spacial score (nSPS) is 15.6. The van der Waals surface area contributed by atoms with Gasteiger partial charge < -0.3 is 9.64 Å². The van der Waals surface area contributed by atoms with Crippen LogP contribution in [0.2, 0.25) is 0 Å². The maximum atomic E-state index is 12.2. The number of aromatic nitrogens is 1. The maximum absolute atomic E-state index is 12.2. The van der Waals surface area contributed by atoms with E-state index in [0.29, 0.717) is 39.0 Å². The van der Waals surface area contributed by atoms with Gasteiger partial charge in [-0.2, -0.15) is 0 Å². The van der Waals surface area contributed by atoms with Crippen LogP contribution in [0.5, 0.6) is 0 Å². The van der Waals surface area contributed by atoms with Crippen LogP contribution in [-0.2, 0) is 20.7 Å². The molecule has 0 aliphatic carbocycles. The van der Waals surface area contributed by atoms with Crippen LogP contribution in [0.3, 0.4) is 0 Å². The lowest BCUT2D eigenvalue weighted by molar-refractivity contribution is -0.151. The molecule has 22 heavy (non-hydrogen) atoms. The predicted molar refractivity (Wildman–Crippen MR) is 83.1 cm³/mol. The summed E-state index contributed by atoms with van der Waals surface area (Å²) in [4.78, 5) is 29.8. The van der Waals surface area contributed by atoms with Crippen LogP contribution in [0, 0.1) is 5.92 Å². The van der Waals surface area contributed by atoms with Crippen molar-refractivity contribution in [3.05, 3.63) is 30.1 Å². The van der Waals surface area contributed by atoms with Crippen molar-refractivity contribution >= 4 is 11.9 Å². The average molecular weight is 304 g/mol. The minimum atomic E-state index is -0.119. The summed E-state index contributed by atoms with van der Waals surface area (Å²) < 4.78 is 5.04. The first-order chi connectivity index (χ1) is 10.7. The molecule has 1 aliphatic rings. The second-order valence-corrected chi connectivity index (χ2v) is 5.62. The minimum Gasteiger partial charge on any atom is -0.466 e. The van der Waals surface area contributed by atoms with Gasteiger partial charge in [0.25, 0.3) is 0 Å². The van der Waals surface area contributed by atoms with Crippen molar-refractivity contribution in [1.82, 2.24) is 9.88 Å². The molecule has 1 aromatic rings. The van der Waals surface area contributed by atoms with Gasteiger partial charge in [0.1, 0.15) is 0 Å². The van der Waals surface area contributed by atoms with Crippen molar-refractivity contribution in [2.24, 2.45) is 5.92 Å². The molecule has 2 heterocycles. The third-order valence-electron chi connectivity index (χ3n) is 4.05. The lowest BCUT2D eigenvalue weighted by Gasteiger charge is -2.31. The number of pyridine rings is 1. The van der Waals surface area contributed by atoms with Crippen molar-refractivity contribution in [3.8, 4) is 0 Å². The first-order valence-corrected chi connectivity index (χ1v) is 8.04. The Morgan fingerprint density at radius 3 is 2.77 bits per heavy atom. The number of carbonyl (C=O) groups excluding carboxylic acids is 2. The number of piperidine rings is 1. The second kappa shape index (κ2) is 8.51. The van der Waals surface area contributed by atoms with Crippen LogP contribution < -0.4 is 0 Å². The molecule has 0 N–H and O–H groups in total. The summed E-state index contributed by atoms with van der Waals surface area (Å²) in [5.74, 6) is 0.0248. The summed E-state index contributed by atoms with van der Waals surface area (Å²) in [6, 6.07) is 3.94. The van der Waals surface area contributed by atoms with Gasteiger partial charge in [0, 0.05) is 31.9 Å². The van der Waals surface area contributed by atoms with E-state index in [9.17, 15) is 9.59 Å². The fraction of sp³-hybridized carbons (Fsp3) is 0.588. The summed E-state index contributed by atoms with van der Waals surface area (Å²) >= 11 is 0. The summed E-state index contributed by atoms with van der Waals surface area (Å²) in [5, 5.41) is 0. The second-order valence-electron chi connectivity index (χ2n) is 5.62. The van der Waals surface area contributed by atoms with Crippen LogP contribution in [0.4, 0.5) is 0 Å². The molecule has 0 radical (unpaired) electrons. The lowest BCUT2D eigenvalue weighted by atomic mass is 9.96. The van der Waals surface area contributed by atoms with Gasteiger partial charge in [-0.15, -0.1) is 0 Å². The van der Waals surface area contributed by atoms with Gasteiger partial charge in [-0.3, -0.25) is 14.6 Å². The molecular formula is C17H24N2O3. The van der Waals surface area contributed by atoms with Gasteiger partial charge in [0.2, 0.25) is 5.91 Å². The average Bonchev–Trinajstić information content (AvgIpc) is 2.56. The standard InChI is InChI=1S/C17H24N2O3/c1-2-22-17(21)15-8-11-19(12-9-15)16(20)7-3-5-14-6-4-10-18-13-14/h4,6,10,13,15H,2-3,5,7-9,11-12H2,1H3. The molecule has 0 spiro atoms. The Hall–Kier alpha value is -1.91. The Morgan fingerprint density at radius 1 is 1.36 bits per heavy atom. The van der Waals surface area contributed by atoms with Crippen molar-refractivity contribution < 1.29 is 14.3 Å². The van der Waals surface area contributed by atoms with Gasteiger partial charge in [-0.05, 0) is 44.2 Å². The van der Waals surface area contributed by atoms with E-state index in [-0.39, 0.29) is 17.8 Å². The number of hydrogen-bond donors (Lipinski definition) is 0. The number of amides is 1. The van der Waals surface area contributed by atoms with E-state index >= 15 is 0 Å². The number of nitrogens with zero attached hydrogens (tertiary/aromatic N) is 2. The SMILES string of the molecule is CCOC(=O)C1CCN(C(=O)CCCc2cccnc2)CC1. The molecule has 1 aromatic heterocycles. The molecule has 0 unspecified atom stereocenters. The van der Waals surface area contributed by atoms with E-state index in [1.165, 1.54) is 0 Å². The molecule has 1 amide bonds. The van der Waals surface area contributed by atoms with Crippen molar-refractivity contribution in [3.63, 3.8) is 0 Å². The molecule has 5 heteroatoms. The van der Waals surface area contributed by atoms with Crippen LogP contribution in [-0.4, -0.2) is 41.5 Å². The zero-order valence-corrected chi connectivity index (χ0v) is 13.2. The molecule has 5 nitrogen and oxygen atoms in total. The van der Waals surface area contributed by atoms with Gasteiger partial charge in [0.15, 0.2) is 0 Å². The highest BCUT2D eigenvalue weighted by Crippen LogP contribution is 2.19. The van der Waals surface area contributed by atoms with E-state index in [2.05, 4.69) is 4.98 Å². The van der Waals surface area contributed by atoms with E-state index in [0.717, 1.165) is 18.4 Å². The molecule has 0 aromatic carbocycles. The number of aryl methyl sites for hydroxylation is 1. The number of rotatable bonds is 6. The van der Waals surface area contributed by atoms with E-state index in [1.54, 1.807) is 6.20 Å². The largest absolute Gasteiger partial charge is 0.466 e. The number of likely N-dealkylation sites (tertiary alicyclic amines) is 1. The molecule has 120 valence electrons. The summed E-state index contributed by atoms with van der Waals surface area (Å²) in [5.41, 5.74) is 1.16. The van der Waals surface area contributed by atoms with Gasteiger partial charge in [0.05, 0.1) is 12.5 Å². The Balaban J connectivity index is 1.68. The Labute approximate surface area is 131 Å². The topological polar surface area (TPSA) is 59.5 Å². The molecule has 0 atom stereocenters. The molecular weight excluding hydrogens is 280 g/mol. The summed E-state index contributed by atoms with van der Waals surface area (Å²) in [7, 11) is 0. The first kappa shape index (κ1) is 16.5. The van der Waals surface area contributed by atoms with Crippen LogP contribution in [0.1, 0.15) is 38.2 Å². The van der Waals surface area contributed by atoms with Gasteiger partial charge in [-0.1, -0.05) is 6.07 Å². The number of esters is 1. The molecule has 2 rings (SSSR count). The van der Waals surface area contributed by atoms with Gasteiger partial charge >= 0.3 is 5.97 Å². The van der Waals surface area contributed by atoms with Crippen molar-refractivity contribution in [2.45, 2.75) is 39.0 Å². The van der Waals surface area contributed by atoms with Crippen molar-refractivity contribution in [2.75, 3.05) is 19.7 Å². The molecule has 1 fully saturated rings. The fourth-order valence-corrected chi connectivity index (χ4v) is 2.77. The third kappa shape index (κ3) is 4.83.